The van der Waals surface area contributed by atoms with Gasteiger partial charge in [0.15, 0.2) is 0 Å². The van der Waals surface area contributed by atoms with Crippen molar-refractivity contribution in [1.29, 1.82) is 5.26 Å². The highest BCUT2D eigenvalue weighted by Crippen LogP contribution is 2.43. The first-order chi connectivity index (χ1) is 14.9. The van der Waals surface area contributed by atoms with Crippen molar-refractivity contribution < 1.29 is 14.3 Å². The molecule has 0 saturated heterocycles. The van der Waals surface area contributed by atoms with E-state index in [0.29, 0.717) is 26.9 Å². The number of nitriles is 1. The summed E-state index contributed by atoms with van der Waals surface area (Å²) >= 11 is 7.55. The van der Waals surface area contributed by atoms with E-state index in [2.05, 4.69) is 11.4 Å². The van der Waals surface area contributed by atoms with Crippen LogP contribution in [0.25, 0.3) is 0 Å². The molecule has 3 N–H and O–H groups in total. The molecule has 2 aromatic rings. The van der Waals surface area contributed by atoms with Gasteiger partial charge < -0.3 is 15.8 Å². The Kier molecular flexibility index (Phi) is 7.40. The molecule has 0 bridgehead atoms. The molecular formula is C23H20ClN3O3S. The Hall–Kier alpha value is -3.21. The number of thioether (sulfide) groups is 1. The number of primary amides is 1. The zero-order valence-corrected chi connectivity index (χ0v) is 18.3. The first-order valence-corrected chi connectivity index (χ1v) is 10.8. The Morgan fingerprint density at radius 2 is 1.87 bits per heavy atom. The summed E-state index contributed by atoms with van der Waals surface area (Å²) in [5, 5.41) is 13.9. The second-order valence-electron chi connectivity index (χ2n) is 6.79. The number of nitrogens with two attached hydrogens (primary N) is 1. The van der Waals surface area contributed by atoms with Crippen LogP contribution in [0, 0.1) is 11.3 Å². The maximum atomic E-state index is 13.1. The molecule has 0 radical (unpaired) electrons. The SMILES string of the molecule is CC1=C(C(=O)OCc2ccccc2)[C@H](c2ccccc2Cl)C(C#N)=C(SCC(N)=O)N1. The summed E-state index contributed by atoms with van der Waals surface area (Å²) in [6.07, 6.45) is 0. The summed E-state index contributed by atoms with van der Waals surface area (Å²) in [5.41, 5.74) is 7.81. The molecule has 0 unspecified atom stereocenters. The highest BCUT2D eigenvalue weighted by molar-refractivity contribution is 8.03. The number of halogens is 1. The molecule has 0 fully saturated rings. The number of esters is 1. The zero-order chi connectivity index (χ0) is 22.4. The molecule has 1 heterocycles. The second kappa shape index (κ2) is 10.2. The highest BCUT2D eigenvalue weighted by Gasteiger charge is 2.36. The van der Waals surface area contributed by atoms with Crippen LogP contribution in [0.2, 0.25) is 5.02 Å². The Morgan fingerprint density at radius 3 is 2.52 bits per heavy atom. The van der Waals surface area contributed by atoms with Gasteiger partial charge in [0.25, 0.3) is 0 Å². The number of hydrogen-bond acceptors (Lipinski definition) is 6. The van der Waals surface area contributed by atoms with Crippen molar-refractivity contribution in [2.45, 2.75) is 19.4 Å². The molecule has 1 atom stereocenters. The molecule has 158 valence electrons. The van der Waals surface area contributed by atoms with Gasteiger partial charge in [-0.2, -0.15) is 5.26 Å². The van der Waals surface area contributed by atoms with Crippen molar-refractivity contribution in [2.75, 3.05) is 5.75 Å². The van der Waals surface area contributed by atoms with Gasteiger partial charge in [-0.15, -0.1) is 0 Å². The van der Waals surface area contributed by atoms with Crippen LogP contribution >= 0.6 is 23.4 Å². The summed E-state index contributed by atoms with van der Waals surface area (Å²) in [4.78, 5) is 24.4. The largest absolute Gasteiger partial charge is 0.457 e. The third kappa shape index (κ3) is 5.29. The standard InChI is InChI=1S/C23H20ClN3O3S/c1-14-20(23(29)30-12-15-7-3-2-4-8-15)21(16-9-5-6-10-18(16)24)17(11-25)22(27-14)31-13-19(26)28/h2-10,21,27H,12-13H2,1H3,(H2,26,28)/t21-/m1/s1. The highest BCUT2D eigenvalue weighted by atomic mass is 35.5. The summed E-state index contributed by atoms with van der Waals surface area (Å²) in [7, 11) is 0. The van der Waals surface area contributed by atoms with Gasteiger partial charge in [0.05, 0.1) is 33.9 Å². The molecule has 0 aliphatic carbocycles. The van der Waals surface area contributed by atoms with E-state index in [4.69, 9.17) is 22.1 Å². The summed E-state index contributed by atoms with van der Waals surface area (Å²) < 4.78 is 5.56. The van der Waals surface area contributed by atoms with Crippen LogP contribution in [0.4, 0.5) is 0 Å². The monoisotopic (exact) mass is 453 g/mol. The molecule has 0 aromatic heterocycles. The molecule has 2 aromatic carbocycles. The number of nitrogens with zero attached hydrogens (tertiary/aromatic N) is 1. The van der Waals surface area contributed by atoms with E-state index in [1.54, 1.807) is 31.2 Å². The fourth-order valence-corrected chi connectivity index (χ4v) is 4.34. The average Bonchev–Trinajstić information content (AvgIpc) is 2.76. The quantitative estimate of drug-likeness (QED) is 0.614. The second-order valence-corrected chi connectivity index (χ2v) is 8.18. The first kappa shape index (κ1) is 22.5. The maximum Gasteiger partial charge on any atom is 0.337 e. The minimum atomic E-state index is -0.737. The van der Waals surface area contributed by atoms with Gasteiger partial charge in [0, 0.05) is 10.7 Å². The van der Waals surface area contributed by atoms with Gasteiger partial charge in [-0.3, -0.25) is 4.79 Å². The summed E-state index contributed by atoms with van der Waals surface area (Å²) in [6, 6.07) is 18.5. The predicted molar refractivity (Wildman–Crippen MR) is 121 cm³/mol. The van der Waals surface area contributed by atoms with Crippen molar-refractivity contribution in [3.63, 3.8) is 0 Å². The molecule has 31 heavy (non-hydrogen) atoms. The fraction of sp³-hybridized carbons (Fsp3) is 0.174. The maximum absolute atomic E-state index is 13.1. The molecule has 6 nitrogen and oxygen atoms in total. The van der Waals surface area contributed by atoms with E-state index in [9.17, 15) is 14.9 Å². The minimum Gasteiger partial charge on any atom is -0.457 e. The normalized spacial score (nSPS) is 15.8. The van der Waals surface area contributed by atoms with E-state index in [-0.39, 0.29) is 17.9 Å². The van der Waals surface area contributed by atoms with Crippen molar-refractivity contribution in [3.8, 4) is 6.07 Å². The molecule has 1 amide bonds. The number of hydrogen-bond donors (Lipinski definition) is 2. The van der Waals surface area contributed by atoms with Crippen molar-refractivity contribution in [1.82, 2.24) is 5.32 Å². The van der Waals surface area contributed by atoms with Gasteiger partial charge >= 0.3 is 5.97 Å². The van der Waals surface area contributed by atoms with E-state index < -0.39 is 17.8 Å². The predicted octanol–water partition coefficient (Wildman–Crippen LogP) is 4.00. The fourth-order valence-electron chi connectivity index (χ4n) is 3.26. The third-order valence-corrected chi connectivity index (χ3v) is 6.04. The third-order valence-electron chi connectivity index (χ3n) is 4.66. The number of nitrogens with one attached hydrogen (secondary N) is 1. The average molecular weight is 454 g/mol. The van der Waals surface area contributed by atoms with Crippen LogP contribution in [-0.2, 0) is 20.9 Å². The van der Waals surface area contributed by atoms with Crippen molar-refractivity contribution in [2.24, 2.45) is 5.73 Å². The Morgan fingerprint density at radius 1 is 1.19 bits per heavy atom. The number of carbonyl (C=O) groups excluding carboxylic acids is 2. The van der Waals surface area contributed by atoms with E-state index in [1.165, 1.54) is 0 Å². The smallest absolute Gasteiger partial charge is 0.337 e. The molecule has 0 spiro atoms. The van der Waals surface area contributed by atoms with E-state index in [1.807, 2.05) is 30.3 Å². The molecule has 0 saturated carbocycles. The zero-order valence-electron chi connectivity index (χ0n) is 16.7. The van der Waals surface area contributed by atoms with Gasteiger partial charge in [-0.1, -0.05) is 71.9 Å². The van der Waals surface area contributed by atoms with Crippen LogP contribution in [-0.4, -0.2) is 17.6 Å². The van der Waals surface area contributed by atoms with Crippen molar-refractivity contribution in [3.05, 3.63) is 92.6 Å². The number of rotatable bonds is 7. The molecule has 8 heteroatoms. The number of allylic oxidation sites excluding steroid dienone is 2. The van der Waals surface area contributed by atoms with Crippen LogP contribution < -0.4 is 11.1 Å². The lowest BCUT2D eigenvalue weighted by Crippen LogP contribution is -2.29. The molecule has 1 aliphatic heterocycles. The van der Waals surface area contributed by atoms with Gasteiger partial charge in [-0.05, 0) is 24.1 Å². The van der Waals surface area contributed by atoms with Gasteiger partial charge in [-0.25, -0.2) is 4.79 Å². The lowest BCUT2D eigenvalue weighted by atomic mass is 9.82. The number of dihydropyridines is 1. The Bertz CT molecular complexity index is 1110. The number of carbonyl (C=O) groups is 2. The summed E-state index contributed by atoms with van der Waals surface area (Å²) in [5.74, 6) is -1.81. The minimum absolute atomic E-state index is 0.0101. The van der Waals surface area contributed by atoms with Crippen LogP contribution in [0.1, 0.15) is 24.0 Å². The molecule has 1 aliphatic rings. The topological polar surface area (TPSA) is 105 Å². The van der Waals surface area contributed by atoms with E-state index in [0.717, 1.165) is 17.3 Å². The number of ether oxygens (including phenoxy) is 1. The lowest BCUT2D eigenvalue weighted by Gasteiger charge is -2.29. The molecular weight excluding hydrogens is 434 g/mol. The lowest BCUT2D eigenvalue weighted by molar-refractivity contribution is -0.140. The van der Waals surface area contributed by atoms with Crippen LogP contribution in [0.15, 0.2) is 76.5 Å². The number of benzene rings is 2. The summed E-state index contributed by atoms with van der Waals surface area (Å²) in [6.45, 7) is 1.82. The van der Waals surface area contributed by atoms with Crippen LogP contribution in [0.3, 0.4) is 0 Å². The number of amides is 1. The molecule has 3 rings (SSSR count). The van der Waals surface area contributed by atoms with Gasteiger partial charge in [0.1, 0.15) is 6.61 Å². The van der Waals surface area contributed by atoms with Crippen molar-refractivity contribution >= 4 is 35.2 Å². The Balaban J connectivity index is 2.01. The van der Waals surface area contributed by atoms with Crippen LogP contribution in [0.5, 0.6) is 0 Å². The van der Waals surface area contributed by atoms with Gasteiger partial charge in [0.2, 0.25) is 5.91 Å². The van der Waals surface area contributed by atoms with E-state index >= 15 is 0 Å². The first-order valence-electron chi connectivity index (χ1n) is 9.41. The Labute approximate surface area is 189 Å².